The fraction of sp³-hybridized carbons (Fsp3) is 0.333. The average molecular weight is 220 g/mol. The molecule has 86 valence electrons. The standard InChI is InChI=1S/C12H16N2O2/c1-14(2)12(13)10-6-4-9(5-7-10)8-11(15)16-3/h4-7,13H,8H2,1-3H3. The molecule has 0 spiro atoms. The van der Waals surface area contributed by atoms with Gasteiger partial charge < -0.3 is 9.64 Å². The van der Waals surface area contributed by atoms with E-state index in [0.717, 1.165) is 11.1 Å². The van der Waals surface area contributed by atoms with Crippen LogP contribution in [-0.4, -0.2) is 37.9 Å². The van der Waals surface area contributed by atoms with Gasteiger partial charge in [0.05, 0.1) is 13.5 Å². The van der Waals surface area contributed by atoms with E-state index in [9.17, 15) is 4.79 Å². The van der Waals surface area contributed by atoms with Crippen LogP contribution in [0, 0.1) is 5.41 Å². The van der Waals surface area contributed by atoms with Crippen LogP contribution in [0.1, 0.15) is 11.1 Å². The lowest BCUT2D eigenvalue weighted by Gasteiger charge is -2.13. The summed E-state index contributed by atoms with van der Waals surface area (Å²) < 4.78 is 4.58. The van der Waals surface area contributed by atoms with Gasteiger partial charge in [0.1, 0.15) is 5.84 Å². The highest BCUT2D eigenvalue weighted by atomic mass is 16.5. The SMILES string of the molecule is COC(=O)Cc1ccc(C(=N)N(C)C)cc1. The summed E-state index contributed by atoms with van der Waals surface area (Å²) in [7, 11) is 5.02. The van der Waals surface area contributed by atoms with Gasteiger partial charge in [0.15, 0.2) is 0 Å². The van der Waals surface area contributed by atoms with Crippen LogP contribution >= 0.6 is 0 Å². The second-order valence-electron chi connectivity index (χ2n) is 3.69. The van der Waals surface area contributed by atoms with Crippen molar-refractivity contribution < 1.29 is 9.53 Å². The van der Waals surface area contributed by atoms with Crippen LogP contribution in [0.5, 0.6) is 0 Å². The molecule has 0 aliphatic rings. The lowest BCUT2D eigenvalue weighted by atomic mass is 10.1. The summed E-state index contributed by atoms with van der Waals surface area (Å²) in [5, 5.41) is 7.77. The molecule has 1 N–H and O–H groups in total. The first-order valence-corrected chi connectivity index (χ1v) is 4.96. The number of amidine groups is 1. The summed E-state index contributed by atoms with van der Waals surface area (Å²) in [6.45, 7) is 0. The topological polar surface area (TPSA) is 53.4 Å². The van der Waals surface area contributed by atoms with Gasteiger partial charge in [0.25, 0.3) is 0 Å². The van der Waals surface area contributed by atoms with Gasteiger partial charge in [-0.2, -0.15) is 0 Å². The van der Waals surface area contributed by atoms with Gasteiger partial charge in [0, 0.05) is 19.7 Å². The van der Waals surface area contributed by atoms with Crippen LogP contribution in [0.15, 0.2) is 24.3 Å². The molecule has 0 atom stereocenters. The van der Waals surface area contributed by atoms with E-state index in [-0.39, 0.29) is 12.4 Å². The van der Waals surface area contributed by atoms with Crippen molar-refractivity contribution in [1.29, 1.82) is 5.41 Å². The zero-order valence-corrected chi connectivity index (χ0v) is 9.78. The monoisotopic (exact) mass is 220 g/mol. The molecule has 4 nitrogen and oxygen atoms in total. The van der Waals surface area contributed by atoms with Crippen LogP contribution in [0.2, 0.25) is 0 Å². The molecule has 0 aliphatic carbocycles. The molecule has 0 fully saturated rings. The second-order valence-corrected chi connectivity index (χ2v) is 3.69. The number of hydrogen-bond acceptors (Lipinski definition) is 3. The van der Waals surface area contributed by atoms with Crippen LogP contribution in [-0.2, 0) is 16.0 Å². The van der Waals surface area contributed by atoms with E-state index in [1.54, 1.807) is 4.90 Å². The molecule has 1 rings (SSSR count). The first kappa shape index (κ1) is 12.2. The minimum absolute atomic E-state index is 0.254. The smallest absolute Gasteiger partial charge is 0.309 e. The number of methoxy groups -OCH3 is 1. The average Bonchev–Trinajstić information content (AvgIpc) is 2.28. The van der Waals surface area contributed by atoms with E-state index in [0.29, 0.717) is 5.84 Å². The third-order valence-electron chi connectivity index (χ3n) is 2.25. The van der Waals surface area contributed by atoms with E-state index in [2.05, 4.69) is 4.74 Å². The van der Waals surface area contributed by atoms with E-state index in [1.165, 1.54) is 7.11 Å². The zero-order chi connectivity index (χ0) is 12.1. The fourth-order valence-electron chi connectivity index (χ4n) is 1.28. The Balaban J connectivity index is 2.75. The molecule has 0 unspecified atom stereocenters. The first-order valence-electron chi connectivity index (χ1n) is 4.96. The number of ether oxygens (including phenoxy) is 1. The van der Waals surface area contributed by atoms with Crippen LogP contribution < -0.4 is 0 Å². The normalized spacial score (nSPS) is 9.69. The number of benzene rings is 1. The summed E-state index contributed by atoms with van der Waals surface area (Å²) in [5.74, 6) is 0.194. The van der Waals surface area contributed by atoms with E-state index < -0.39 is 0 Å². The van der Waals surface area contributed by atoms with Crippen LogP contribution in [0.4, 0.5) is 0 Å². The van der Waals surface area contributed by atoms with Gasteiger partial charge >= 0.3 is 5.97 Å². The minimum Gasteiger partial charge on any atom is -0.469 e. The van der Waals surface area contributed by atoms with Crippen molar-refractivity contribution in [2.45, 2.75) is 6.42 Å². The lowest BCUT2D eigenvalue weighted by molar-refractivity contribution is -0.139. The number of carbonyl (C=O) groups excluding carboxylic acids is 1. The molecule has 0 saturated heterocycles. The number of hydrogen-bond donors (Lipinski definition) is 1. The van der Waals surface area contributed by atoms with Crippen molar-refractivity contribution in [2.75, 3.05) is 21.2 Å². The van der Waals surface area contributed by atoms with Gasteiger partial charge in [-0.25, -0.2) is 0 Å². The second kappa shape index (κ2) is 5.30. The van der Waals surface area contributed by atoms with Crippen molar-refractivity contribution in [3.63, 3.8) is 0 Å². The van der Waals surface area contributed by atoms with Gasteiger partial charge in [-0.1, -0.05) is 24.3 Å². The molecular formula is C12H16N2O2. The number of carbonyl (C=O) groups is 1. The number of nitrogens with one attached hydrogen (secondary N) is 1. The van der Waals surface area contributed by atoms with Gasteiger partial charge in [0.2, 0.25) is 0 Å². The zero-order valence-electron chi connectivity index (χ0n) is 9.78. The number of rotatable bonds is 3. The Morgan fingerprint density at radius 1 is 1.31 bits per heavy atom. The quantitative estimate of drug-likeness (QED) is 0.474. The highest BCUT2D eigenvalue weighted by Crippen LogP contribution is 2.07. The van der Waals surface area contributed by atoms with Crippen molar-refractivity contribution in [1.82, 2.24) is 4.90 Å². The predicted octanol–water partition coefficient (Wildman–Crippen LogP) is 1.29. The van der Waals surface area contributed by atoms with Crippen LogP contribution in [0.25, 0.3) is 0 Å². The Kier molecular flexibility index (Phi) is 4.05. The summed E-state index contributed by atoms with van der Waals surface area (Å²) in [6.07, 6.45) is 0.270. The molecule has 1 aromatic rings. The Labute approximate surface area is 95.3 Å². The summed E-state index contributed by atoms with van der Waals surface area (Å²) >= 11 is 0. The summed E-state index contributed by atoms with van der Waals surface area (Å²) in [6, 6.07) is 7.34. The highest BCUT2D eigenvalue weighted by molar-refractivity contribution is 5.96. The van der Waals surface area contributed by atoms with E-state index >= 15 is 0 Å². The van der Waals surface area contributed by atoms with Gasteiger partial charge in [-0.3, -0.25) is 10.2 Å². The minimum atomic E-state index is -0.254. The van der Waals surface area contributed by atoms with Crippen molar-refractivity contribution in [2.24, 2.45) is 0 Å². The molecule has 16 heavy (non-hydrogen) atoms. The Morgan fingerprint density at radius 2 is 1.88 bits per heavy atom. The van der Waals surface area contributed by atoms with Gasteiger partial charge in [-0.05, 0) is 5.56 Å². The Bertz CT molecular complexity index is 383. The fourth-order valence-corrected chi connectivity index (χ4v) is 1.28. The molecule has 0 saturated carbocycles. The molecule has 0 aromatic heterocycles. The molecule has 0 radical (unpaired) electrons. The third-order valence-corrected chi connectivity index (χ3v) is 2.25. The van der Waals surface area contributed by atoms with Crippen molar-refractivity contribution in [3.8, 4) is 0 Å². The van der Waals surface area contributed by atoms with Crippen molar-refractivity contribution >= 4 is 11.8 Å². The molecular weight excluding hydrogens is 204 g/mol. The van der Waals surface area contributed by atoms with E-state index in [1.807, 2.05) is 38.4 Å². The largest absolute Gasteiger partial charge is 0.469 e. The molecule has 1 aromatic carbocycles. The predicted molar refractivity (Wildman–Crippen MR) is 62.7 cm³/mol. The maximum atomic E-state index is 11.0. The maximum Gasteiger partial charge on any atom is 0.309 e. The molecule has 0 amide bonds. The molecule has 4 heteroatoms. The van der Waals surface area contributed by atoms with Gasteiger partial charge in [-0.15, -0.1) is 0 Å². The summed E-state index contributed by atoms with van der Waals surface area (Å²) in [4.78, 5) is 12.8. The van der Waals surface area contributed by atoms with Crippen LogP contribution in [0.3, 0.4) is 0 Å². The third kappa shape index (κ3) is 3.08. The van der Waals surface area contributed by atoms with Crippen molar-refractivity contribution in [3.05, 3.63) is 35.4 Å². The highest BCUT2D eigenvalue weighted by Gasteiger charge is 2.05. The molecule has 0 bridgehead atoms. The maximum absolute atomic E-state index is 11.0. The molecule has 0 aliphatic heterocycles. The number of nitrogens with zero attached hydrogens (tertiary/aromatic N) is 1. The van der Waals surface area contributed by atoms with E-state index in [4.69, 9.17) is 5.41 Å². The number of esters is 1. The summed E-state index contributed by atoms with van der Waals surface area (Å²) in [5.41, 5.74) is 1.72. The Hall–Kier alpha value is -1.84. The Morgan fingerprint density at radius 3 is 2.31 bits per heavy atom. The first-order chi connectivity index (χ1) is 7.54. The lowest BCUT2D eigenvalue weighted by Crippen LogP contribution is -2.21. The molecule has 0 heterocycles.